The average Bonchev–Trinajstić information content (AvgIpc) is 3.11. The van der Waals surface area contributed by atoms with Gasteiger partial charge in [-0.1, -0.05) is 19.9 Å². The molecule has 0 spiro atoms. The number of alkyl carbamates (subject to hydrolysis) is 1. The predicted molar refractivity (Wildman–Crippen MR) is 83.3 cm³/mol. The van der Waals surface area contributed by atoms with Crippen molar-refractivity contribution >= 4 is 12.1 Å². The van der Waals surface area contributed by atoms with E-state index in [4.69, 9.17) is 9.47 Å². The lowest BCUT2D eigenvalue weighted by Gasteiger charge is -2.22. The van der Waals surface area contributed by atoms with Crippen LogP contribution in [0.15, 0.2) is 12.2 Å². The fourth-order valence-electron chi connectivity index (χ4n) is 3.56. The first-order chi connectivity index (χ1) is 10.5. The number of hydrogen-bond acceptors (Lipinski definition) is 4. The molecule has 1 N–H and O–H groups in total. The number of nitrogens with one attached hydrogen (secondary N) is 1. The van der Waals surface area contributed by atoms with E-state index >= 15 is 0 Å². The van der Waals surface area contributed by atoms with Crippen LogP contribution in [0.25, 0.3) is 0 Å². The van der Waals surface area contributed by atoms with Gasteiger partial charge in [-0.15, -0.1) is 0 Å². The molecule has 124 valence electrons. The molecule has 0 aliphatic heterocycles. The third-order valence-corrected chi connectivity index (χ3v) is 4.87. The van der Waals surface area contributed by atoms with E-state index in [1.54, 1.807) is 6.92 Å². The highest BCUT2D eigenvalue weighted by Gasteiger charge is 2.39. The van der Waals surface area contributed by atoms with Gasteiger partial charge in [-0.05, 0) is 50.4 Å². The van der Waals surface area contributed by atoms with Crippen molar-refractivity contribution in [2.45, 2.75) is 52.1 Å². The fourth-order valence-corrected chi connectivity index (χ4v) is 3.56. The molecule has 2 fully saturated rings. The van der Waals surface area contributed by atoms with E-state index in [0.717, 1.165) is 11.8 Å². The summed E-state index contributed by atoms with van der Waals surface area (Å²) in [7, 11) is 0. The zero-order valence-corrected chi connectivity index (χ0v) is 13.6. The van der Waals surface area contributed by atoms with Gasteiger partial charge in [0.1, 0.15) is 12.7 Å². The van der Waals surface area contributed by atoms with Crippen molar-refractivity contribution in [1.82, 2.24) is 5.32 Å². The van der Waals surface area contributed by atoms with Crippen molar-refractivity contribution in [3.63, 3.8) is 0 Å². The molecule has 2 bridgehead atoms. The number of fused-ring (bicyclic) bond motifs is 2. The van der Waals surface area contributed by atoms with E-state index in [-0.39, 0.29) is 6.61 Å². The summed E-state index contributed by atoms with van der Waals surface area (Å²) in [5.41, 5.74) is 0.343. The van der Waals surface area contributed by atoms with E-state index in [2.05, 4.69) is 11.9 Å². The van der Waals surface area contributed by atoms with Crippen molar-refractivity contribution in [3.05, 3.63) is 12.2 Å². The topological polar surface area (TPSA) is 64.6 Å². The largest absolute Gasteiger partial charge is 0.458 e. The average molecular weight is 309 g/mol. The number of esters is 1. The zero-order valence-electron chi connectivity index (χ0n) is 13.6. The molecule has 22 heavy (non-hydrogen) atoms. The minimum absolute atomic E-state index is 0.0732. The molecule has 2 rings (SSSR count). The minimum atomic E-state index is -0.454. The van der Waals surface area contributed by atoms with Crippen LogP contribution >= 0.6 is 0 Å². The lowest BCUT2D eigenvalue weighted by molar-refractivity contribution is -0.142. The molecule has 0 aromatic rings. The second-order valence-electron chi connectivity index (χ2n) is 6.63. The SMILES string of the molecule is C=C(C)C(=O)OCC(CC)OC(=O)NCC1CC2CCC1C2. The Kier molecular flexibility index (Phi) is 5.86. The van der Waals surface area contributed by atoms with Crippen LogP contribution < -0.4 is 5.32 Å². The zero-order chi connectivity index (χ0) is 16.1. The summed E-state index contributed by atoms with van der Waals surface area (Å²) in [5, 5.41) is 2.87. The summed E-state index contributed by atoms with van der Waals surface area (Å²) in [6.07, 6.45) is 5.00. The van der Waals surface area contributed by atoms with Crippen molar-refractivity contribution in [3.8, 4) is 0 Å². The van der Waals surface area contributed by atoms with E-state index in [1.807, 2.05) is 6.92 Å². The normalized spacial score (nSPS) is 27.3. The first kappa shape index (κ1) is 16.8. The van der Waals surface area contributed by atoms with Crippen LogP contribution in [0.4, 0.5) is 4.79 Å². The second-order valence-corrected chi connectivity index (χ2v) is 6.63. The highest BCUT2D eigenvalue weighted by atomic mass is 16.6. The first-order valence-electron chi connectivity index (χ1n) is 8.26. The van der Waals surface area contributed by atoms with Crippen molar-refractivity contribution < 1.29 is 19.1 Å². The molecule has 1 amide bonds. The molecule has 5 nitrogen and oxygen atoms in total. The standard InChI is InChI=1S/C17H27NO4/c1-4-15(10-21-16(19)11(2)3)22-17(20)18-9-14-8-12-5-6-13(14)7-12/h12-15H,2,4-10H2,1,3H3,(H,18,20). The van der Waals surface area contributed by atoms with E-state index < -0.39 is 18.2 Å². The fraction of sp³-hybridized carbons (Fsp3) is 0.765. The van der Waals surface area contributed by atoms with Crippen molar-refractivity contribution in [1.29, 1.82) is 0 Å². The number of hydrogen-bond donors (Lipinski definition) is 1. The van der Waals surface area contributed by atoms with Crippen molar-refractivity contribution in [2.24, 2.45) is 17.8 Å². The van der Waals surface area contributed by atoms with Crippen LogP contribution in [0, 0.1) is 17.8 Å². The molecule has 2 aliphatic carbocycles. The van der Waals surface area contributed by atoms with Crippen LogP contribution in [0.2, 0.25) is 0 Å². The first-order valence-corrected chi connectivity index (χ1v) is 8.26. The van der Waals surface area contributed by atoms with Crippen LogP contribution in [-0.2, 0) is 14.3 Å². The summed E-state index contributed by atoms with van der Waals surface area (Å²) in [6, 6.07) is 0. The Labute approximate surface area is 132 Å². The van der Waals surface area contributed by atoms with Gasteiger partial charge in [0.15, 0.2) is 0 Å². The van der Waals surface area contributed by atoms with Gasteiger partial charge in [-0.3, -0.25) is 0 Å². The molecular weight excluding hydrogens is 282 g/mol. The Morgan fingerprint density at radius 2 is 2.09 bits per heavy atom. The maximum Gasteiger partial charge on any atom is 0.407 e. The van der Waals surface area contributed by atoms with Crippen molar-refractivity contribution in [2.75, 3.05) is 13.2 Å². The Morgan fingerprint density at radius 1 is 1.32 bits per heavy atom. The summed E-state index contributed by atoms with van der Waals surface area (Å²) in [5.74, 6) is 1.80. The molecule has 4 atom stereocenters. The number of rotatable bonds is 7. The molecule has 0 aromatic heterocycles. The molecule has 2 aliphatic rings. The summed E-state index contributed by atoms with van der Waals surface area (Å²) in [6.45, 7) is 7.77. The molecule has 0 radical (unpaired) electrons. The molecule has 4 unspecified atom stereocenters. The van der Waals surface area contributed by atoms with Crippen LogP contribution in [0.3, 0.4) is 0 Å². The van der Waals surface area contributed by atoms with Gasteiger partial charge in [0.25, 0.3) is 0 Å². The number of carbonyl (C=O) groups is 2. The maximum absolute atomic E-state index is 11.9. The summed E-state index contributed by atoms with van der Waals surface area (Å²) < 4.78 is 10.3. The molecule has 2 saturated carbocycles. The molecule has 5 heteroatoms. The minimum Gasteiger partial charge on any atom is -0.458 e. The van der Waals surface area contributed by atoms with E-state index in [1.165, 1.54) is 25.7 Å². The maximum atomic E-state index is 11.9. The summed E-state index contributed by atoms with van der Waals surface area (Å²) in [4.78, 5) is 23.2. The molecule has 0 heterocycles. The van der Waals surface area contributed by atoms with E-state index in [0.29, 0.717) is 24.5 Å². The van der Waals surface area contributed by atoms with Gasteiger partial charge in [0.2, 0.25) is 0 Å². The Balaban J connectivity index is 1.66. The van der Waals surface area contributed by atoms with Gasteiger partial charge < -0.3 is 14.8 Å². The highest BCUT2D eigenvalue weighted by Crippen LogP contribution is 2.47. The Bertz CT molecular complexity index is 434. The van der Waals surface area contributed by atoms with Gasteiger partial charge in [0.05, 0.1) is 0 Å². The monoisotopic (exact) mass is 309 g/mol. The Hall–Kier alpha value is -1.52. The highest BCUT2D eigenvalue weighted by molar-refractivity contribution is 5.86. The van der Waals surface area contributed by atoms with Crippen LogP contribution in [0.5, 0.6) is 0 Å². The second kappa shape index (κ2) is 7.65. The lowest BCUT2D eigenvalue weighted by Crippen LogP contribution is -2.35. The predicted octanol–water partition coefficient (Wildman–Crippen LogP) is 3.05. The molecular formula is C17H27NO4. The van der Waals surface area contributed by atoms with Crippen LogP contribution in [0.1, 0.15) is 46.0 Å². The third kappa shape index (κ3) is 4.49. The Morgan fingerprint density at radius 3 is 2.64 bits per heavy atom. The number of amides is 1. The van der Waals surface area contributed by atoms with Gasteiger partial charge in [-0.2, -0.15) is 0 Å². The molecule has 0 aromatic carbocycles. The smallest absolute Gasteiger partial charge is 0.407 e. The van der Waals surface area contributed by atoms with E-state index in [9.17, 15) is 9.59 Å². The lowest BCUT2D eigenvalue weighted by atomic mass is 9.89. The third-order valence-electron chi connectivity index (χ3n) is 4.87. The van der Waals surface area contributed by atoms with Gasteiger partial charge >= 0.3 is 12.1 Å². The van der Waals surface area contributed by atoms with Gasteiger partial charge in [-0.25, -0.2) is 9.59 Å². The molecule has 0 saturated heterocycles. The van der Waals surface area contributed by atoms with Gasteiger partial charge in [0, 0.05) is 12.1 Å². The number of carbonyl (C=O) groups excluding carboxylic acids is 2. The number of ether oxygens (including phenoxy) is 2. The quantitative estimate of drug-likeness (QED) is 0.580. The van der Waals surface area contributed by atoms with Crippen LogP contribution in [-0.4, -0.2) is 31.3 Å². The summed E-state index contributed by atoms with van der Waals surface area (Å²) >= 11 is 0.